The van der Waals surface area contributed by atoms with Gasteiger partial charge in [-0.3, -0.25) is 0 Å². The molecule has 2 heterocycles. The van der Waals surface area contributed by atoms with Crippen LogP contribution >= 0.6 is 15.9 Å². The van der Waals surface area contributed by atoms with E-state index in [9.17, 15) is 0 Å². The van der Waals surface area contributed by atoms with Gasteiger partial charge >= 0.3 is 0 Å². The van der Waals surface area contributed by atoms with Crippen LogP contribution in [0.3, 0.4) is 0 Å². The molecule has 0 N–H and O–H groups in total. The summed E-state index contributed by atoms with van der Waals surface area (Å²) >= 11 is 3.40. The summed E-state index contributed by atoms with van der Waals surface area (Å²) < 4.78 is 3.03. The maximum absolute atomic E-state index is 4.62. The van der Waals surface area contributed by atoms with E-state index in [1.54, 1.807) is 0 Å². The summed E-state index contributed by atoms with van der Waals surface area (Å²) in [5.74, 6) is 0.924. The smallest absolute Gasteiger partial charge is 0.159 e. The van der Waals surface area contributed by atoms with Crippen molar-refractivity contribution in [2.75, 3.05) is 0 Å². The van der Waals surface area contributed by atoms with Crippen LogP contribution in [0.4, 0.5) is 0 Å². The van der Waals surface area contributed by atoms with Crippen molar-refractivity contribution in [3.63, 3.8) is 0 Å². The van der Waals surface area contributed by atoms with Gasteiger partial charge in [-0.25, -0.2) is 9.97 Å². The van der Waals surface area contributed by atoms with Crippen LogP contribution in [-0.2, 0) is 6.54 Å². The van der Waals surface area contributed by atoms with Crippen LogP contribution < -0.4 is 0 Å². The minimum atomic E-state index is 0.827. The summed E-state index contributed by atoms with van der Waals surface area (Å²) in [7, 11) is 0. The molecule has 2 aromatic rings. The van der Waals surface area contributed by atoms with Gasteiger partial charge in [-0.2, -0.15) is 0 Å². The zero-order chi connectivity index (χ0) is 13.1. The molecule has 0 aromatic carbocycles. The number of imidazole rings is 1. The number of pyridine rings is 1. The monoisotopic (exact) mass is 305 g/mol. The van der Waals surface area contributed by atoms with E-state index in [4.69, 9.17) is 0 Å². The Hall–Kier alpha value is -1.42. The van der Waals surface area contributed by atoms with Gasteiger partial charge in [0.25, 0.3) is 0 Å². The zero-order valence-electron chi connectivity index (χ0n) is 10.7. The van der Waals surface area contributed by atoms with Crippen molar-refractivity contribution in [2.24, 2.45) is 0 Å². The third-order valence-corrected chi connectivity index (χ3v) is 3.40. The molecule has 3 nitrogen and oxygen atoms in total. The van der Waals surface area contributed by atoms with Gasteiger partial charge in [-0.15, -0.1) is 6.58 Å². The minimum Gasteiger partial charge on any atom is -0.327 e. The van der Waals surface area contributed by atoms with Gasteiger partial charge in [0.2, 0.25) is 0 Å². The average molecular weight is 306 g/mol. The Morgan fingerprint density at radius 1 is 1.33 bits per heavy atom. The van der Waals surface area contributed by atoms with Crippen LogP contribution in [0, 0.1) is 13.8 Å². The first-order valence-electron chi connectivity index (χ1n) is 5.91. The molecular formula is C14H16BrN3. The number of aromatic nitrogens is 3. The number of halogens is 1. The number of hydrogen-bond acceptors (Lipinski definition) is 2. The fraction of sp³-hybridized carbons (Fsp3) is 0.286. The predicted octanol–water partition coefficient (Wildman–Crippen LogP) is 3.90. The second kappa shape index (κ2) is 5.48. The zero-order valence-corrected chi connectivity index (χ0v) is 12.2. The van der Waals surface area contributed by atoms with Crippen molar-refractivity contribution in [3.8, 4) is 11.5 Å². The van der Waals surface area contributed by atoms with E-state index in [1.165, 1.54) is 5.69 Å². The van der Waals surface area contributed by atoms with E-state index in [0.29, 0.717) is 0 Å². The fourth-order valence-corrected chi connectivity index (χ4v) is 2.22. The maximum Gasteiger partial charge on any atom is 0.159 e. The van der Waals surface area contributed by atoms with Crippen molar-refractivity contribution >= 4 is 15.9 Å². The number of aryl methyl sites for hydroxylation is 1. The molecule has 0 aliphatic rings. The lowest BCUT2D eigenvalue weighted by atomic mass is 10.3. The molecule has 94 valence electrons. The molecule has 0 aliphatic carbocycles. The second-order valence-electron chi connectivity index (χ2n) is 4.18. The molecular weight excluding hydrogens is 290 g/mol. The second-order valence-corrected chi connectivity index (χ2v) is 4.99. The summed E-state index contributed by atoms with van der Waals surface area (Å²) in [4.78, 5) is 9.09. The van der Waals surface area contributed by atoms with Gasteiger partial charge < -0.3 is 4.57 Å². The SMILES string of the molecule is C=CCCn1c(-c2cccc(Br)n2)nc(C)c1C. The molecule has 18 heavy (non-hydrogen) atoms. The Kier molecular flexibility index (Phi) is 3.97. The Bertz CT molecular complexity index is 572. The van der Waals surface area contributed by atoms with Gasteiger partial charge in [-0.1, -0.05) is 12.1 Å². The van der Waals surface area contributed by atoms with Crippen LogP contribution in [-0.4, -0.2) is 14.5 Å². The predicted molar refractivity (Wildman–Crippen MR) is 77.4 cm³/mol. The molecule has 0 amide bonds. The summed E-state index contributed by atoms with van der Waals surface area (Å²) in [6.07, 6.45) is 2.85. The molecule has 0 radical (unpaired) electrons. The summed E-state index contributed by atoms with van der Waals surface area (Å²) in [6, 6.07) is 5.88. The molecule has 0 spiro atoms. The molecule has 4 heteroatoms. The molecule has 0 aliphatic heterocycles. The third kappa shape index (κ3) is 2.53. The first-order chi connectivity index (χ1) is 8.63. The van der Waals surface area contributed by atoms with Gasteiger partial charge in [0.15, 0.2) is 5.82 Å². The topological polar surface area (TPSA) is 30.7 Å². The molecule has 2 rings (SSSR count). The lowest BCUT2D eigenvalue weighted by Crippen LogP contribution is -2.03. The minimum absolute atomic E-state index is 0.827. The molecule has 0 saturated carbocycles. The van der Waals surface area contributed by atoms with Crippen molar-refractivity contribution < 1.29 is 0 Å². The van der Waals surface area contributed by atoms with Gasteiger partial charge in [0, 0.05) is 12.2 Å². The van der Waals surface area contributed by atoms with Crippen LogP contribution in [0.2, 0.25) is 0 Å². The van der Waals surface area contributed by atoms with Crippen molar-refractivity contribution in [1.82, 2.24) is 14.5 Å². The standard InChI is InChI=1S/C14H16BrN3/c1-4-5-9-18-11(3)10(2)16-14(18)12-7-6-8-13(15)17-12/h4,6-8H,1,5,9H2,2-3H3. The van der Waals surface area contributed by atoms with Gasteiger partial charge in [0.1, 0.15) is 10.3 Å². The highest BCUT2D eigenvalue weighted by Crippen LogP contribution is 2.22. The van der Waals surface area contributed by atoms with Crippen molar-refractivity contribution in [3.05, 3.63) is 46.8 Å². The third-order valence-electron chi connectivity index (χ3n) is 2.96. The first-order valence-corrected chi connectivity index (χ1v) is 6.70. The number of rotatable bonds is 4. The fourth-order valence-electron chi connectivity index (χ4n) is 1.88. The van der Waals surface area contributed by atoms with E-state index in [2.05, 4.69) is 44.0 Å². The van der Waals surface area contributed by atoms with Crippen LogP contribution in [0.15, 0.2) is 35.5 Å². The number of nitrogens with zero attached hydrogens (tertiary/aromatic N) is 3. The van der Waals surface area contributed by atoms with Gasteiger partial charge in [0.05, 0.1) is 5.69 Å². The normalized spacial score (nSPS) is 10.6. The lowest BCUT2D eigenvalue weighted by molar-refractivity contribution is 0.695. The molecule has 0 saturated heterocycles. The quantitative estimate of drug-likeness (QED) is 0.633. The molecule has 0 unspecified atom stereocenters. The number of allylic oxidation sites excluding steroid dienone is 1. The summed E-state index contributed by atoms with van der Waals surface area (Å²) in [6.45, 7) is 8.78. The van der Waals surface area contributed by atoms with Crippen LogP contribution in [0.5, 0.6) is 0 Å². The Labute approximate surface area is 116 Å². The van der Waals surface area contributed by atoms with Gasteiger partial charge in [-0.05, 0) is 48.3 Å². The Morgan fingerprint density at radius 3 is 2.78 bits per heavy atom. The van der Waals surface area contributed by atoms with Crippen molar-refractivity contribution in [2.45, 2.75) is 26.8 Å². The molecule has 2 aromatic heterocycles. The largest absolute Gasteiger partial charge is 0.327 e. The van der Waals surface area contributed by atoms with E-state index in [1.807, 2.05) is 31.2 Å². The summed E-state index contributed by atoms with van der Waals surface area (Å²) in [5, 5.41) is 0. The maximum atomic E-state index is 4.62. The van der Waals surface area contributed by atoms with Crippen molar-refractivity contribution in [1.29, 1.82) is 0 Å². The van der Waals surface area contributed by atoms with E-state index >= 15 is 0 Å². The molecule has 0 bridgehead atoms. The van der Waals surface area contributed by atoms with Crippen LogP contribution in [0.25, 0.3) is 11.5 Å². The number of hydrogen-bond donors (Lipinski definition) is 0. The Balaban J connectivity index is 2.49. The first kappa shape index (κ1) is 13.0. The highest BCUT2D eigenvalue weighted by atomic mass is 79.9. The van der Waals surface area contributed by atoms with Crippen LogP contribution in [0.1, 0.15) is 17.8 Å². The average Bonchev–Trinajstić information content (AvgIpc) is 2.64. The van der Waals surface area contributed by atoms with E-state index < -0.39 is 0 Å². The highest BCUT2D eigenvalue weighted by Gasteiger charge is 2.13. The molecule has 0 fully saturated rings. The van der Waals surface area contributed by atoms with E-state index in [0.717, 1.165) is 34.8 Å². The van der Waals surface area contributed by atoms with E-state index in [-0.39, 0.29) is 0 Å². The lowest BCUT2D eigenvalue weighted by Gasteiger charge is -2.08. The Morgan fingerprint density at radius 2 is 2.11 bits per heavy atom. The highest BCUT2D eigenvalue weighted by molar-refractivity contribution is 9.10. The summed E-state index contributed by atoms with van der Waals surface area (Å²) in [5.41, 5.74) is 3.13. The molecule has 0 atom stereocenters.